The summed E-state index contributed by atoms with van der Waals surface area (Å²) in [6.45, 7) is 0.981. The molecular formula is C39H33OP. The number of para-hydroxylation sites is 2. The van der Waals surface area contributed by atoms with Crippen molar-refractivity contribution >= 4 is 33.1 Å². The first-order valence-electron chi connectivity index (χ1n) is 14.2. The maximum absolute atomic E-state index is 7.09. The molecule has 1 nitrogen and oxygen atoms in total. The quantitative estimate of drug-likeness (QED) is 0.202. The van der Waals surface area contributed by atoms with Gasteiger partial charge in [0.2, 0.25) is 0 Å². The molecule has 1 heterocycles. The van der Waals surface area contributed by atoms with Gasteiger partial charge in [0.25, 0.3) is 0 Å². The van der Waals surface area contributed by atoms with E-state index in [9.17, 15) is 0 Å². The molecule has 0 radical (unpaired) electrons. The maximum atomic E-state index is 7.09. The molecule has 0 spiro atoms. The number of rotatable bonds is 5. The zero-order chi connectivity index (χ0) is 27.9. The fourth-order valence-electron chi connectivity index (χ4n) is 7.16. The van der Waals surface area contributed by atoms with Crippen LogP contribution in [0.5, 0.6) is 11.5 Å². The van der Waals surface area contributed by atoms with Gasteiger partial charge in [0.15, 0.2) is 0 Å². The van der Waals surface area contributed by atoms with E-state index >= 15 is 0 Å². The van der Waals surface area contributed by atoms with Gasteiger partial charge in [-0.1, -0.05) is 0 Å². The molecule has 2 heteroatoms. The molecular weight excluding hydrogens is 515 g/mol. The number of ether oxygens (including phenoxy) is 1. The Labute approximate surface area is 243 Å². The number of benzene rings is 6. The number of hydrogen-bond donors (Lipinski definition) is 0. The molecule has 0 aromatic heterocycles. The summed E-state index contributed by atoms with van der Waals surface area (Å²) in [5.41, 5.74) is 2.19. The van der Waals surface area contributed by atoms with Gasteiger partial charge in [0.1, 0.15) is 0 Å². The van der Waals surface area contributed by atoms with Crippen LogP contribution in [0.4, 0.5) is 0 Å². The summed E-state index contributed by atoms with van der Waals surface area (Å²) in [6, 6.07) is 59.9. The summed E-state index contributed by atoms with van der Waals surface area (Å²) in [7, 11) is 0. The van der Waals surface area contributed by atoms with Crippen molar-refractivity contribution in [2.24, 2.45) is 0 Å². The van der Waals surface area contributed by atoms with Crippen LogP contribution in [0.15, 0.2) is 164 Å². The Hall–Kier alpha value is -4.45. The van der Waals surface area contributed by atoms with E-state index in [4.69, 9.17) is 4.74 Å². The van der Waals surface area contributed by atoms with E-state index in [1.165, 1.54) is 37.6 Å². The Kier molecular flexibility index (Phi) is 5.96. The van der Waals surface area contributed by atoms with Gasteiger partial charge in [-0.25, -0.2) is 0 Å². The standard InChI is InChI=1S/C39H33OP/c1-39(2)34-26-15-16-28-36(34)40-38-35(39)27-17-29-37(38)41(30-18-7-3-8-19-30,31-20-9-4-10-21-31,32-22-11-5-12-23-32)33-24-13-6-14-25-33/h3-29H,1-2H3. The Bertz CT molecular complexity index is 1660. The van der Waals surface area contributed by atoms with E-state index in [0.717, 1.165) is 11.5 Å². The van der Waals surface area contributed by atoms with E-state index < -0.39 is 6.60 Å². The van der Waals surface area contributed by atoms with Crippen molar-refractivity contribution in [2.75, 3.05) is 0 Å². The molecule has 200 valence electrons. The molecule has 41 heavy (non-hydrogen) atoms. The van der Waals surface area contributed by atoms with Gasteiger partial charge in [-0.2, -0.15) is 0 Å². The third-order valence-corrected chi connectivity index (χ3v) is 15.7. The Morgan fingerprint density at radius 2 is 0.805 bits per heavy atom. The zero-order valence-corrected chi connectivity index (χ0v) is 24.3. The van der Waals surface area contributed by atoms with Crippen LogP contribution in [0.1, 0.15) is 25.0 Å². The van der Waals surface area contributed by atoms with E-state index in [0.29, 0.717) is 0 Å². The van der Waals surface area contributed by atoms with Gasteiger partial charge in [0.05, 0.1) is 0 Å². The molecule has 0 aliphatic carbocycles. The second-order valence-electron chi connectivity index (χ2n) is 11.3. The summed E-state index contributed by atoms with van der Waals surface area (Å²) in [4.78, 5) is 0. The molecule has 6 aromatic rings. The normalized spacial score (nSPS) is 14.5. The molecule has 1 aliphatic rings. The monoisotopic (exact) mass is 548 g/mol. The van der Waals surface area contributed by atoms with Gasteiger partial charge in [-0.05, 0) is 0 Å². The number of hydrogen-bond acceptors (Lipinski definition) is 1. The van der Waals surface area contributed by atoms with Crippen LogP contribution < -0.4 is 31.3 Å². The summed E-state index contributed by atoms with van der Waals surface area (Å²) < 4.78 is 7.09. The second-order valence-corrected chi connectivity index (χ2v) is 16.1. The van der Waals surface area contributed by atoms with Gasteiger partial charge in [-0.3, -0.25) is 0 Å². The molecule has 0 unspecified atom stereocenters. The number of fused-ring (bicyclic) bond motifs is 2. The third kappa shape index (κ3) is 3.40. The minimum atomic E-state index is -3.66. The molecule has 0 atom stereocenters. The summed E-state index contributed by atoms with van der Waals surface area (Å²) in [6.07, 6.45) is 0. The molecule has 0 N–H and O–H groups in total. The first-order valence-corrected chi connectivity index (χ1v) is 16.5. The van der Waals surface area contributed by atoms with Crippen LogP contribution in [0, 0.1) is 0 Å². The van der Waals surface area contributed by atoms with Crippen molar-refractivity contribution in [2.45, 2.75) is 19.3 Å². The van der Waals surface area contributed by atoms with Crippen LogP contribution in [-0.4, -0.2) is 0 Å². The second kappa shape index (κ2) is 9.58. The molecule has 0 bridgehead atoms. The SMILES string of the molecule is CC1(C)c2ccccc2Oc2c1cccc2P(c1ccccc1)(c1ccccc1)(c1ccccc1)c1ccccc1. The van der Waals surface area contributed by atoms with Gasteiger partial charge >= 0.3 is 244 Å². The van der Waals surface area contributed by atoms with E-state index in [-0.39, 0.29) is 5.41 Å². The first kappa shape index (κ1) is 25.5. The average molecular weight is 549 g/mol. The zero-order valence-electron chi connectivity index (χ0n) is 23.4. The summed E-state index contributed by atoms with van der Waals surface area (Å²) in [5, 5.41) is 6.38. The summed E-state index contributed by atoms with van der Waals surface area (Å²) >= 11 is 0. The summed E-state index contributed by atoms with van der Waals surface area (Å²) in [5.74, 6) is 1.89. The van der Waals surface area contributed by atoms with Gasteiger partial charge < -0.3 is 0 Å². The van der Waals surface area contributed by atoms with Crippen molar-refractivity contribution in [1.29, 1.82) is 0 Å². The molecule has 0 saturated carbocycles. The fraction of sp³-hybridized carbons (Fsp3) is 0.0769. The minimum absolute atomic E-state index is 0.235. The van der Waals surface area contributed by atoms with Crippen molar-refractivity contribution in [3.63, 3.8) is 0 Å². The topological polar surface area (TPSA) is 9.23 Å². The average Bonchev–Trinajstić information content (AvgIpc) is 3.04. The Morgan fingerprint density at radius 3 is 1.27 bits per heavy atom. The van der Waals surface area contributed by atoms with E-state index in [2.05, 4.69) is 178 Å². The van der Waals surface area contributed by atoms with E-state index in [1.807, 2.05) is 0 Å². The fourth-order valence-corrected chi connectivity index (χ4v) is 14.1. The molecule has 1 aliphatic heterocycles. The van der Waals surface area contributed by atoms with Gasteiger partial charge in [0, 0.05) is 0 Å². The van der Waals surface area contributed by atoms with Gasteiger partial charge in [-0.15, -0.1) is 0 Å². The van der Waals surface area contributed by atoms with Crippen LogP contribution in [0.3, 0.4) is 0 Å². The molecule has 0 fully saturated rings. The Morgan fingerprint density at radius 1 is 0.415 bits per heavy atom. The molecule has 0 saturated heterocycles. The predicted octanol–water partition coefficient (Wildman–Crippen LogP) is 7.60. The van der Waals surface area contributed by atoms with Crippen LogP contribution >= 0.6 is 6.60 Å². The molecule has 6 aromatic carbocycles. The van der Waals surface area contributed by atoms with Crippen LogP contribution in [0.2, 0.25) is 0 Å². The third-order valence-electron chi connectivity index (χ3n) is 9.01. The van der Waals surface area contributed by atoms with Crippen molar-refractivity contribution in [1.82, 2.24) is 0 Å². The molecule has 0 amide bonds. The predicted molar refractivity (Wildman–Crippen MR) is 176 cm³/mol. The molecule has 7 rings (SSSR count). The van der Waals surface area contributed by atoms with Crippen LogP contribution in [0.25, 0.3) is 0 Å². The first-order chi connectivity index (χ1) is 20.1. The van der Waals surface area contributed by atoms with Crippen molar-refractivity contribution in [3.05, 3.63) is 175 Å². The van der Waals surface area contributed by atoms with Crippen molar-refractivity contribution < 1.29 is 4.74 Å². The van der Waals surface area contributed by atoms with Crippen molar-refractivity contribution in [3.8, 4) is 11.5 Å². The van der Waals surface area contributed by atoms with Crippen LogP contribution in [-0.2, 0) is 5.41 Å². The van der Waals surface area contributed by atoms with E-state index in [1.54, 1.807) is 0 Å². The Balaban J connectivity index is 1.77.